The molecule has 0 bridgehead atoms. The van der Waals surface area contributed by atoms with Crippen LogP contribution < -0.4 is 0 Å². The summed E-state index contributed by atoms with van der Waals surface area (Å²) < 4.78 is 0. The fourth-order valence-electron chi connectivity index (χ4n) is 2.34. The molecule has 2 unspecified atom stereocenters. The van der Waals surface area contributed by atoms with Crippen LogP contribution >= 0.6 is 0 Å². The molecular formula is C14H18O. The van der Waals surface area contributed by atoms with E-state index in [0.29, 0.717) is 0 Å². The zero-order chi connectivity index (χ0) is 10.9. The first kappa shape index (κ1) is 10.4. The van der Waals surface area contributed by atoms with E-state index < -0.39 is 5.60 Å². The molecule has 1 aliphatic carbocycles. The van der Waals surface area contributed by atoms with Gasteiger partial charge in [-0.1, -0.05) is 55.8 Å². The largest absolute Gasteiger partial charge is 0.385 e. The highest BCUT2D eigenvalue weighted by Gasteiger charge is 2.47. The van der Waals surface area contributed by atoms with Gasteiger partial charge in [-0.3, -0.25) is 0 Å². The summed E-state index contributed by atoms with van der Waals surface area (Å²) >= 11 is 0. The van der Waals surface area contributed by atoms with Crippen molar-refractivity contribution in [2.24, 2.45) is 5.92 Å². The summed E-state index contributed by atoms with van der Waals surface area (Å²) in [4.78, 5) is 0. The van der Waals surface area contributed by atoms with Gasteiger partial charge in [0.2, 0.25) is 0 Å². The van der Waals surface area contributed by atoms with Gasteiger partial charge < -0.3 is 5.11 Å². The van der Waals surface area contributed by atoms with Crippen LogP contribution in [0.2, 0.25) is 0 Å². The third-order valence-electron chi connectivity index (χ3n) is 3.28. The Morgan fingerprint density at radius 1 is 1.40 bits per heavy atom. The Bertz CT molecular complexity index is 355. The maximum atomic E-state index is 10.7. The summed E-state index contributed by atoms with van der Waals surface area (Å²) in [5.74, 6) is 0.278. The van der Waals surface area contributed by atoms with E-state index in [1.165, 1.54) is 5.57 Å². The van der Waals surface area contributed by atoms with Gasteiger partial charge in [0.05, 0.1) is 5.60 Å². The van der Waals surface area contributed by atoms with Gasteiger partial charge in [-0.25, -0.2) is 0 Å². The third kappa shape index (κ3) is 1.84. The molecule has 1 aliphatic rings. The highest BCUT2D eigenvalue weighted by Crippen LogP contribution is 2.51. The second-order valence-electron chi connectivity index (χ2n) is 4.46. The molecule has 0 aliphatic heterocycles. The van der Waals surface area contributed by atoms with Crippen molar-refractivity contribution in [3.05, 3.63) is 48.0 Å². The minimum atomic E-state index is -0.674. The minimum absolute atomic E-state index is 0.278. The minimum Gasteiger partial charge on any atom is -0.385 e. The topological polar surface area (TPSA) is 20.2 Å². The van der Waals surface area contributed by atoms with Crippen LogP contribution in [0.4, 0.5) is 0 Å². The number of aliphatic hydroxyl groups is 1. The van der Waals surface area contributed by atoms with Crippen LogP contribution in [0, 0.1) is 5.92 Å². The fourth-order valence-corrected chi connectivity index (χ4v) is 2.34. The van der Waals surface area contributed by atoms with Gasteiger partial charge in [0.15, 0.2) is 0 Å². The lowest BCUT2D eigenvalue weighted by molar-refractivity contribution is 0.00777. The Kier molecular flexibility index (Phi) is 2.66. The molecule has 1 fully saturated rings. The van der Waals surface area contributed by atoms with Crippen LogP contribution in [0.1, 0.15) is 31.7 Å². The molecule has 0 aromatic heterocycles. The molecular weight excluding hydrogens is 184 g/mol. The number of rotatable bonds is 4. The van der Waals surface area contributed by atoms with Gasteiger partial charge in [0.25, 0.3) is 0 Å². The molecule has 1 nitrogen and oxygen atoms in total. The summed E-state index contributed by atoms with van der Waals surface area (Å²) in [5.41, 5.74) is 1.55. The molecule has 1 heteroatoms. The van der Waals surface area contributed by atoms with Crippen molar-refractivity contribution in [1.82, 2.24) is 0 Å². The summed E-state index contributed by atoms with van der Waals surface area (Å²) in [5, 5.41) is 10.7. The molecule has 80 valence electrons. The van der Waals surface area contributed by atoms with E-state index in [0.717, 1.165) is 24.8 Å². The number of benzene rings is 1. The zero-order valence-corrected chi connectivity index (χ0v) is 9.24. The molecule has 0 radical (unpaired) electrons. The molecule has 0 spiro atoms. The smallest absolute Gasteiger partial charge is 0.0964 e. The number of hydrogen-bond donors (Lipinski definition) is 1. The van der Waals surface area contributed by atoms with E-state index >= 15 is 0 Å². The fraction of sp³-hybridized carbons (Fsp3) is 0.429. The standard InChI is InChI=1S/C14H18O/c1-3-9-14(15,13-10-11(13)2)12-7-5-4-6-8-12/h4-8,13,15H,2-3,9-10H2,1H3. The van der Waals surface area contributed by atoms with E-state index in [1.54, 1.807) is 0 Å². The Balaban J connectivity index is 2.30. The van der Waals surface area contributed by atoms with Gasteiger partial charge in [-0.05, 0) is 18.4 Å². The predicted octanol–water partition coefficient (Wildman–Crippen LogP) is 3.25. The van der Waals surface area contributed by atoms with Crippen LogP contribution in [-0.2, 0) is 5.60 Å². The van der Waals surface area contributed by atoms with Gasteiger partial charge in [-0.15, -0.1) is 0 Å². The van der Waals surface area contributed by atoms with Crippen LogP contribution in [0.5, 0.6) is 0 Å². The summed E-state index contributed by atoms with van der Waals surface area (Å²) in [6.45, 7) is 6.07. The van der Waals surface area contributed by atoms with Crippen molar-refractivity contribution in [3.8, 4) is 0 Å². The Morgan fingerprint density at radius 2 is 2.00 bits per heavy atom. The maximum Gasteiger partial charge on any atom is 0.0964 e. The molecule has 2 rings (SSSR count). The maximum absolute atomic E-state index is 10.7. The average Bonchev–Trinajstić information content (AvgIpc) is 2.98. The Morgan fingerprint density at radius 3 is 2.47 bits per heavy atom. The van der Waals surface area contributed by atoms with Gasteiger partial charge in [0, 0.05) is 5.92 Å². The van der Waals surface area contributed by atoms with Crippen LogP contribution in [-0.4, -0.2) is 5.11 Å². The third-order valence-corrected chi connectivity index (χ3v) is 3.28. The first-order valence-corrected chi connectivity index (χ1v) is 5.64. The van der Waals surface area contributed by atoms with Crippen LogP contribution in [0.3, 0.4) is 0 Å². The molecule has 2 atom stereocenters. The van der Waals surface area contributed by atoms with Gasteiger partial charge in [-0.2, -0.15) is 0 Å². The van der Waals surface area contributed by atoms with Crippen molar-refractivity contribution >= 4 is 0 Å². The molecule has 1 aromatic carbocycles. The predicted molar refractivity (Wildman–Crippen MR) is 62.5 cm³/mol. The highest BCUT2D eigenvalue weighted by molar-refractivity contribution is 5.33. The van der Waals surface area contributed by atoms with E-state index in [-0.39, 0.29) is 5.92 Å². The first-order chi connectivity index (χ1) is 7.18. The SMILES string of the molecule is C=C1CC1C(O)(CCC)c1ccccc1. The van der Waals surface area contributed by atoms with E-state index in [2.05, 4.69) is 13.5 Å². The van der Waals surface area contributed by atoms with Crippen molar-refractivity contribution < 1.29 is 5.11 Å². The molecule has 1 N–H and O–H groups in total. The summed E-state index contributed by atoms with van der Waals surface area (Å²) in [6.07, 6.45) is 2.79. The van der Waals surface area contributed by atoms with Crippen LogP contribution in [0.25, 0.3) is 0 Å². The van der Waals surface area contributed by atoms with Crippen LogP contribution in [0.15, 0.2) is 42.5 Å². The summed E-state index contributed by atoms with van der Waals surface area (Å²) in [7, 11) is 0. The monoisotopic (exact) mass is 202 g/mol. The molecule has 0 amide bonds. The lowest BCUT2D eigenvalue weighted by Gasteiger charge is -2.28. The summed E-state index contributed by atoms with van der Waals surface area (Å²) in [6, 6.07) is 9.99. The van der Waals surface area contributed by atoms with Crippen molar-refractivity contribution in [2.45, 2.75) is 31.8 Å². The first-order valence-electron chi connectivity index (χ1n) is 5.64. The zero-order valence-electron chi connectivity index (χ0n) is 9.24. The van der Waals surface area contributed by atoms with Gasteiger partial charge in [0.1, 0.15) is 0 Å². The molecule has 15 heavy (non-hydrogen) atoms. The lowest BCUT2D eigenvalue weighted by Crippen LogP contribution is -2.28. The Hall–Kier alpha value is -1.08. The molecule has 0 heterocycles. The number of hydrogen-bond acceptors (Lipinski definition) is 1. The van der Waals surface area contributed by atoms with Gasteiger partial charge >= 0.3 is 0 Å². The van der Waals surface area contributed by atoms with Crippen molar-refractivity contribution in [3.63, 3.8) is 0 Å². The van der Waals surface area contributed by atoms with Crippen molar-refractivity contribution in [1.29, 1.82) is 0 Å². The molecule has 1 saturated carbocycles. The molecule has 1 aromatic rings. The van der Waals surface area contributed by atoms with E-state index in [4.69, 9.17) is 0 Å². The average molecular weight is 202 g/mol. The second kappa shape index (κ2) is 3.82. The lowest BCUT2D eigenvalue weighted by atomic mass is 9.84. The second-order valence-corrected chi connectivity index (χ2v) is 4.46. The Labute approximate surface area is 91.4 Å². The molecule has 0 saturated heterocycles. The van der Waals surface area contributed by atoms with Crippen molar-refractivity contribution in [2.75, 3.05) is 0 Å². The van der Waals surface area contributed by atoms with E-state index in [1.807, 2.05) is 30.3 Å². The van der Waals surface area contributed by atoms with E-state index in [9.17, 15) is 5.11 Å². The normalized spacial score (nSPS) is 23.6. The highest BCUT2D eigenvalue weighted by atomic mass is 16.3. The quantitative estimate of drug-likeness (QED) is 0.743.